The molecule has 25 heavy (non-hydrogen) atoms. The van der Waals surface area contributed by atoms with Crippen LogP contribution in [0.3, 0.4) is 0 Å². The third-order valence-corrected chi connectivity index (χ3v) is 5.08. The van der Waals surface area contributed by atoms with Gasteiger partial charge >= 0.3 is 12.1 Å². The van der Waals surface area contributed by atoms with Crippen LogP contribution in [0.15, 0.2) is 30.2 Å². The molecule has 0 aromatic carbocycles. The molecule has 1 aliphatic carbocycles. The summed E-state index contributed by atoms with van der Waals surface area (Å²) in [7, 11) is 0. The molecule has 138 valence electrons. The van der Waals surface area contributed by atoms with Crippen LogP contribution in [-0.2, 0) is 9.59 Å². The van der Waals surface area contributed by atoms with Crippen molar-refractivity contribution in [2.24, 2.45) is 0 Å². The normalized spacial score (nSPS) is 16.9. The fourth-order valence-corrected chi connectivity index (χ4v) is 3.84. The van der Waals surface area contributed by atoms with Crippen molar-refractivity contribution in [3.05, 3.63) is 35.0 Å². The first kappa shape index (κ1) is 19.5. The number of halogens is 3. The SMILES string of the molecule is C=CCN(C(=O)C(F)(F)F)[C@@H](C(=O)NC1CCCCC1)c1cccs1. The monoisotopic (exact) mass is 374 g/mol. The average molecular weight is 374 g/mol. The summed E-state index contributed by atoms with van der Waals surface area (Å²) in [6.45, 7) is 3.05. The molecule has 0 spiro atoms. The van der Waals surface area contributed by atoms with E-state index in [0.717, 1.165) is 43.4 Å². The van der Waals surface area contributed by atoms with Crippen LogP contribution < -0.4 is 5.32 Å². The summed E-state index contributed by atoms with van der Waals surface area (Å²) in [5.41, 5.74) is 0. The van der Waals surface area contributed by atoms with E-state index >= 15 is 0 Å². The number of amides is 2. The fraction of sp³-hybridized carbons (Fsp3) is 0.529. The minimum absolute atomic E-state index is 0.0599. The smallest absolute Gasteiger partial charge is 0.351 e. The van der Waals surface area contributed by atoms with Crippen LogP contribution in [0.1, 0.15) is 43.0 Å². The van der Waals surface area contributed by atoms with Gasteiger partial charge in [-0.25, -0.2) is 0 Å². The number of rotatable bonds is 6. The highest BCUT2D eigenvalue weighted by atomic mass is 32.1. The molecule has 2 amide bonds. The molecule has 0 saturated heterocycles. The van der Waals surface area contributed by atoms with E-state index in [1.807, 2.05) is 0 Å². The molecule has 1 aromatic rings. The molecule has 0 unspecified atom stereocenters. The standard InChI is InChI=1S/C17H21F3N2O2S/c1-2-10-22(16(24)17(18,19)20)14(13-9-6-11-25-13)15(23)21-12-7-4-3-5-8-12/h2,6,9,11-12,14H,1,3-5,7-8,10H2,(H,21,23)/t14-/m1/s1. The molecule has 8 heteroatoms. The Morgan fingerprint density at radius 1 is 1.36 bits per heavy atom. The molecule has 1 aromatic heterocycles. The Balaban J connectivity index is 2.28. The van der Waals surface area contributed by atoms with Gasteiger partial charge in [-0.05, 0) is 24.3 Å². The van der Waals surface area contributed by atoms with Gasteiger partial charge in [-0.15, -0.1) is 17.9 Å². The second kappa shape index (κ2) is 8.51. The Kier molecular flexibility index (Phi) is 6.64. The fourth-order valence-electron chi connectivity index (χ4n) is 3.01. The second-order valence-corrected chi connectivity index (χ2v) is 6.98. The highest BCUT2D eigenvalue weighted by molar-refractivity contribution is 7.10. The number of thiophene rings is 1. The Morgan fingerprint density at radius 2 is 2.04 bits per heavy atom. The quantitative estimate of drug-likeness (QED) is 0.770. The van der Waals surface area contributed by atoms with Crippen LogP contribution in [0.2, 0.25) is 0 Å². The molecule has 1 saturated carbocycles. The van der Waals surface area contributed by atoms with E-state index < -0.39 is 24.0 Å². The number of nitrogens with zero attached hydrogens (tertiary/aromatic N) is 1. The lowest BCUT2D eigenvalue weighted by molar-refractivity contribution is -0.188. The molecule has 0 bridgehead atoms. The Morgan fingerprint density at radius 3 is 2.56 bits per heavy atom. The van der Waals surface area contributed by atoms with Crippen LogP contribution in [0.25, 0.3) is 0 Å². The van der Waals surface area contributed by atoms with Gasteiger partial charge in [0.1, 0.15) is 6.04 Å². The number of hydrogen-bond acceptors (Lipinski definition) is 3. The van der Waals surface area contributed by atoms with Crippen LogP contribution in [0.4, 0.5) is 13.2 Å². The molecule has 0 aliphatic heterocycles. The van der Waals surface area contributed by atoms with Crippen molar-refractivity contribution in [2.75, 3.05) is 6.54 Å². The van der Waals surface area contributed by atoms with Gasteiger partial charge in [-0.3, -0.25) is 9.59 Å². The topological polar surface area (TPSA) is 49.4 Å². The van der Waals surface area contributed by atoms with Crippen LogP contribution >= 0.6 is 11.3 Å². The van der Waals surface area contributed by atoms with Crippen molar-refractivity contribution in [1.82, 2.24) is 10.2 Å². The number of hydrogen-bond donors (Lipinski definition) is 1. The molecule has 1 fully saturated rings. The summed E-state index contributed by atoms with van der Waals surface area (Å²) < 4.78 is 39.0. The van der Waals surface area contributed by atoms with Gasteiger partial charge in [-0.1, -0.05) is 31.4 Å². The van der Waals surface area contributed by atoms with Crippen molar-refractivity contribution in [2.45, 2.75) is 50.4 Å². The molecule has 1 heterocycles. The van der Waals surface area contributed by atoms with Crippen LogP contribution in [0.5, 0.6) is 0 Å². The molecule has 2 rings (SSSR count). The maximum absolute atomic E-state index is 13.0. The largest absolute Gasteiger partial charge is 0.471 e. The summed E-state index contributed by atoms with van der Waals surface area (Å²) in [6, 6.07) is 1.84. The first-order valence-electron chi connectivity index (χ1n) is 8.17. The highest BCUT2D eigenvalue weighted by Gasteiger charge is 2.46. The van der Waals surface area contributed by atoms with Gasteiger partial charge < -0.3 is 10.2 Å². The zero-order valence-electron chi connectivity index (χ0n) is 13.7. The van der Waals surface area contributed by atoms with Crippen molar-refractivity contribution in [3.8, 4) is 0 Å². The van der Waals surface area contributed by atoms with Crippen LogP contribution in [-0.4, -0.2) is 35.5 Å². The van der Waals surface area contributed by atoms with E-state index in [2.05, 4.69) is 11.9 Å². The molecular weight excluding hydrogens is 353 g/mol. The third-order valence-electron chi connectivity index (χ3n) is 4.15. The molecule has 1 N–H and O–H groups in total. The van der Waals surface area contributed by atoms with Crippen molar-refractivity contribution >= 4 is 23.2 Å². The molecule has 1 aliphatic rings. The summed E-state index contributed by atoms with van der Waals surface area (Å²) >= 11 is 1.15. The van der Waals surface area contributed by atoms with E-state index in [0.29, 0.717) is 9.78 Å². The number of carbonyl (C=O) groups is 2. The minimum Gasteiger partial charge on any atom is -0.351 e. The Bertz CT molecular complexity index is 596. The number of nitrogens with one attached hydrogen (secondary N) is 1. The zero-order chi connectivity index (χ0) is 18.4. The van der Waals surface area contributed by atoms with Gasteiger partial charge in [-0.2, -0.15) is 13.2 Å². The Hall–Kier alpha value is -1.83. The van der Waals surface area contributed by atoms with E-state index in [4.69, 9.17) is 0 Å². The first-order valence-corrected chi connectivity index (χ1v) is 9.05. The number of carbonyl (C=O) groups excluding carboxylic acids is 2. The zero-order valence-corrected chi connectivity index (χ0v) is 14.5. The van der Waals surface area contributed by atoms with Crippen molar-refractivity contribution < 1.29 is 22.8 Å². The molecule has 0 radical (unpaired) electrons. The molecular formula is C17H21F3N2O2S. The van der Waals surface area contributed by atoms with E-state index in [1.54, 1.807) is 17.5 Å². The minimum atomic E-state index is -5.05. The van der Waals surface area contributed by atoms with Gasteiger partial charge in [0.25, 0.3) is 0 Å². The van der Waals surface area contributed by atoms with Gasteiger partial charge in [0.05, 0.1) is 0 Å². The highest BCUT2D eigenvalue weighted by Crippen LogP contribution is 2.30. The van der Waals surface area contributed by atoms with Gasteiger partial charge in [0.2, 0.25) is 5.91 Å². The molecule has 4 nitrogen and oxygen atoms in total. The van der Waals surface area contributed by atoms with Crippen molar-refractivity contribution in [1.29, 1.82) is 0 Å². The maximum Gasteiger partial charge on any atom is 0.471 e. The summed E-state index contributed by atoms with van der Waals surface area (Å²) in [6.07, 6.45) is 0.797. The van der Waals surface area contributed by atoms with Gasteiger partial charge in [0.15, 0.2) is 0 Å². The van der Waals surface area contributed by atoms with E-state index in [9.17, 15) is 22.8 Å². The summed E-state index contributed by atoms with van der Waals surface area (Å²) in [5, 5.41) is 4.49. The lowest BCUT2D eigenvalue weighted by Gasteiger charge is -2.32. The summed E-state index contributed by atoms with van der Waals surface area (Å²) in [4.78, 5) is 25.6. The Labute approximate surface area is 148 Å². The lowest BCUT2D eigenvalue weighted by atomic mass is 9.95. The average Bonchev–Trinajstić information content (AvgIpc) is 3.08. The predicted octanol–water partition coefficient (Wildman–Crippen LogP) is 3.82. The maximum atomic E-state index is 13.0. The summed E-state index contributed by atoms with van der Waals surface area (Å²) in [5.74, 6) is -2.61. The van der Waals surface area contributed by atoms with Crippen LogP contribution in [0, 0.1) is 0 Å². The lowest BCUT2D eigenvalue weighted by Crippen LogP contribution is -2.50. The van der Waals surface area contributed by atoms with E-state index in [1.165, 1.54) is 6.08 Å². The first-order chi connectivity index (χ1) is 11.8. The molecule has 1 atom stereocenters. The van der Waals surface area contributed by atoms with Gasteiger partial charge in [0, 0.05) is 17.5 Å². The number of alkyl halides is 3. The van der Waals surface area contributed by atoms with E-state index in [-0.39, 0.29) is 12.6 Å². The predicted molar refractivity (Wildman–Crippen MR) is 90.0 cm³/mol. The second-order valence-electron chi connectivity index (χ2n) is 6.01. The van der Waals surface area contributed by atoms with Crippen molar-refractivity contribution in [3.63, 3.8) is 0 Å². The third kappa shape index (κ3) is 5.07.